The van der Waals surface area contributed by atoms with E-state index in [1.807, 2.05) is 0 Å². The highest BCUT2D eigenvalue weighted by molar-refractivity contribution is 6.36. The lowest BCUT2D eigenvalue weighted by molar-refractivity contribution is 0.0692. The summed E-state index contributed by atoms with van der Waals surface area (Å²) in [6, 6.07) is 2.63. The Bertz CT molecular complexity index is 521. The third-order valence-corrected chi connectivity index (χ3v) is 2.10. The van der Waals surface area contributed by atoms with Gasteiger partial charge in [-0.2, -0.15) is 5.10 Å². The van der Waals surface area contributed by atoms with E-state index in [9.17, 15) is 9.90 Å². The zero-order chi connectivity index (χ0) is 10.3. The molecule has 5 nitrogen and oxygen atoms in total. The van der Waals surface area contributed by atoms with Crippen LogP contribution in [0.4, 0.5) is 0 Å². The van der Waals surface area contributed by atoms with Gasteiger partial charge in [-0.05, 0) is 6.07 Å². The number of aromatic nitrogens is 2. The third kappa shape index (κ3) is 1.18. The number of carbonyl (C=O) groups is 1. The highest BCUT2D eigenvalue weighted by Crippen LogP contribution is 2.29. The van der Waals surface area contributed by atoms with Crippen molar-refractivity contribution in [1.29, 1.82) is 0 Å². The largest absolute Gasteiger partial charge is 0.508 e. The van der Waals surface area contributed by atoms with Crippen molar-refractivity contribution in [2.75, 3.05) is 0 Å². The summed E-state index contributed by atoms with van der Waals surface area (Å²) in [4.78, 5) is 10.7. The van der Waals surface area contributed by atoms with Gasteiger partial charge in [0.25, 0.3) is 0 Å². The van der Waals surface area contributed by atoms with E-state index in [2.05, 4.69) is 10.2 Å². The Labute approximate surface area is 82.9 Å². The van der Waals surface area contributed by atoms with Gasteiger partial charge in [-0.25, -0.2) is 4.79 Å². The topological polar surface area (TPSA) is 86.2 Å². The van der Waals surface area contributed by atoms with E-state index in [1.165, 1.54) is 12.1 Å². The predicted molar refractivity (Wildman–Crippen MR) is 49.7 cm³/mol. The molecule has 0 unspecified atom stereocenters. The van der Waals surface area contributed by atoms with Crippen LogP contribution in [0.3, 0.4) is 0 Å². The summed E-state index contributed by atoms with van der Waals surface area (Å²) >= 11 is 5.77. The number of H-pyrrole nitrogens is 1. The van der Waals surface area contributed by atoms with Crippen molar-refractivity contribution < 1.29 is 15.0 Å². The number of fused-ring (bicyclic) bond motifs is 1. The zero-order valence-electron chi connectivity index (χ0n) is 6.78. The van der Waals surface area contributed by atoms with E-state index in [1.54, 1.807) is 0 Å². The molecular formula is C8H5ClN2O3. The van der Waals surface area contributed by atoms with Crippen molar-refractivity contribution in [3.05, 3.63) is 22.8 Å². The summed E-state index contributed by atoms with van der Waals surface area (Å²) in [6.45, 7) is 0. The molecule has 0 radical (unpaired) electrons. The summed E-state index contributed by atoms with van der Waals surface area (Å²) in [6.07, 6.45) is 0. The van der Waals surface area contributed by atoms with Crippen LogP contribution in [0.25, 0.3) is 10.9 Å². The average Bonchev–Trinajstić information content (AvgIpc) is 2.47. The van der Waals surface area contributed by atoms with Crippen LogP contribution in [0.5, 0.6) is 5.75 Å². The van der Waals surface area contributed by atoms with Gasteiger partial charge in [0.15, 0.2) is 5.69 Å². The van der Waals surface area contributed by atoms with E-state index < -0.39 is 5.97 Å². The maximum Gasteiger partial charge on any atom is 0.357 e. The summed E-state index contributed by atoms with van der Waals surface area (Å²) in [5, 5.41) is 24.5. The molecular weight excluding hydrogens is 208 g/mol. The van der Waals surface area contributed by atoms with Gasteiger partial charge < -0.3 is 10.2 Å². The number of benzene rings is 1. The summed E-state index contributed by atoms with van der Waals surface area (Å²) in [5.74, 6) is -1.20. The molecule has 0 spiro atoms. The van der Waals surface area contributed by atoms with E-state index in [0.29, 0.717) is 10.9 Å². The molecule has 72 valence electrons. The number of nitrogens with one attached hydrogen (secondary N) is 1. The molecule has 0 aliphatic carbocycles. The Morgan fingerprint density at radius 2 is 2.21 bits per heavy atom. The Morgan fingerprint density at radius 1 is 1.50 bits per heavy atom. The lowest BCUT2D eigenvalue weighted by Gasteiger charge is -1.96. The smallest absolute Gasteiger partial charge is 0.357 e. The fourth-order valence-electron chi connectivity index (χ4n) is 1.25. The van der Waals surface area contributed by atoms with E-state index in [0.717, 1.165) is 0 Å². The summed E-state index contributed by atoms with van der Waals surface area (Å²) in [5.41, 5.74) is 0.248. The number of nitrogens with zero attached hydrogens (tertiary/aromatic N) is 1. The normalized spacial score (nSPS) is 10.6. The minimum atomic E-state index is -1.16. The lowest BCUT2D eigenvalue weighted by Crippen LogP contribution is -1.96. The minimum Gasteiger partial charge on any atom is -0.508 e. The third-order valence-electron chi connectivity index (χ3n) is 1.80. The second kappa shape index (κ2) is 2.88. The molecule has 0 saturated heterocycles. The molecule has 0 aliphatic rings. The Balaban J connectivity index is 2.85. The number of phenols is 1. The molecule has 0 atom stereocenters. The average molecular weight is 213 g/mol. The van der Waals surface area contributed by atoms with Crippen LogP contribution < -0.4 is 0 Å². The summed E-state index contributed by atoms with van der Waals surface area (Å²) in [7, 11) is 0. The number of rotatable bonds is 1. The molecule has 2 rings (SSSR count). The number of carboxylic acids is 1. The van der Waals surface area contributed by atoms with Gasteiger partial charge in [0.05, 0.1) is 15.9 Å². The highest BCUT2D eigenvalue weighted by Gasteiger charge is 2.16. The molecule has 14 heavy (non-hydrogen) atoms. The van der Waals surface area contributed by atoms with Crippen molar-refractivity contribution in [2.24, 2.45) is 0 Å². The Kier molecular flexibility index (Phi) is 1.82. The molecule has 0 amide bonds. The number of carboxylic acid groups (broad SMARTS) is 1. The van der Waals surface area contributed by atoms with Gasteiger partial charge in [-0.1, -0.05) is 11.6 Å². The molecule has 1 aromatic heterocycles. The second-order valence-corrected chi connectivity index (χ2v) is 3.13. The number of aromatic carboxylic acids is 1. The molecule has 3 N–H and O–H groups in total. The van der Waals surface area contributed by atoms with Crippen LogP contribution in [0.1, 0.15) is 10.5 Å². The van der Waals surface area contributed by atoms with Crippen molar-refractivity contribution in [3.63, 3.8) is 0 Å². The quantitative estimate of drug-likeness (QED) is 0.671. The molecule has 0 bridgehead atoms. The highest BCUT2D eigenvalue weighted by atomic mass is 35.5. The van der Waals surface area contributed by atoms with Crippen LogP contribution in [-0.2, 0) is 0 Å². The van der Waals surface area contributed by atoms with Gasteiger partial charge in [0.1, 0.15) is 5.75 Å². The number of aromatic amines is 1. The molecule has 0 fully saturated rings. The number of phenolic OH excluding ortho intramolecular Hbond substituents is 1. The first-order valence-electron chi connectivity index (χ1n) is 3.69. The first kappa shape index (κ1) is 8.83. The van der Waals surface area contributed by atoms with Crippen LogP contribution in [0, 0.1) is 0 Å². The Morgan fingerprint density at radius 3 is 2.86 bits per heavy atom. The standard InChI is InChI=1S/C8H5ClN2O3/c9-4-1-3(12)2-5-6(4)7(8(13)14)11-10-5/h1-2,12H,(H,10,11)(H,13,14). The SMILES string of the molecule is O=C(O)c1n[nH]c2cc(O)cc(Cl)c12. The first-order chi connectivity index (χ1) is 6.59. The fraction of sp³-hybridized carbons (Fsp3) is 0. The minimum absolute atomic E-state index is 0.0388. The van der Waals surface area contributed by atoms with Gasteiger partial charge in [0, 0.05) is 6.07 Å². The van der Waals surface area contributed by atoms with Crippen LogP contribution in [0.15, 0.2) is 12.1 Å². The molecule has 1 aromatic carbocycles. The Hall–Kier alpha value is -1.75. The van der Waals surface area contributed by atoms with Crippen molar-refractivity contribution in [2.45, 2.75) is 0 Å². The van der Waals surface area contributed by atoms with E-state index in [-0.39, 0.29) is 16.5 Å². The van der Waals surface area contributed by atoms with Gasteiger partial charge in [-0.15, -0.1) is 0 Å². The first-order valence-corrected chi connectivity index (χ1v) is 4.07. The fourth-order valence-corrected chi connectivity index (χ4v) is 1.55. The molecule has 1 heterocycles. The van der Waals surface area contributed by atoms with Crippen molar-refractivity contribution in [3.8, 4) is 5.75 Å². The van der Waals surface area contributed by atoms with Crippen molar-refractivity contribution in [1.82, 2.24) is 10.2 Å². The molecule has 2 aromatic rings. The molecule has 0 aliphatic heterocycles. The number of aromatic hydroxyl groups is 1. The molecule has 0 saturated carbocycles. The number of hydrogen-bond acceptors (Lipinski definition) is 3. The second-order valence-electron chi connectivity index (χ2n) is 2.73. The number of hydrogen-bond donors (Lipinski definition) is 3. The molecule has 6 heteroatoms. The maximum absolute atomic E-state index is 10.7. The van der Waals surface area contributed by atoms with Gasteiger partial charge in [0.2, 0.25) is 0 Å². The van der Waals surface area contributed by atoms with Crippen LogP contribution >= 0.6 is 11.6 Å². The van der Waals surface area contributed by atoms with E-state index in [4.69, 9.17) is 16.7 Å². The van der Waals surface area contributed by atoms with Crippen LogP contribution in [0.2, 0.25) is 5.02 Å². The van der Waals surface area contributed by atoms with Gasteiger partial charge >= 0.3 is 5.97 Å². The van der Waals surface area contributed by atoms with Gasteiger partial charge in [-0.3, -0.25) is 5.10 Å². The predicted octanol–water partition coefficient (Wildman–Crippen LogP) is 1.62. The zero-order valence-corrected chi connectivity index (χ0v) is 7.54. The monoisotopic (exact) mass is 212 g/mol. The van der Waals surface area contributed by atoms with E-state index >= 15 is 0 Å². The van der Waals surface area contributed by atoms with Crippen LogP contribution in [-0.4, -0.2) is 26.4 Å². The summed E-state index contributed by atoms with van der Waals surface area (Å²) < 4.78 is 0. The number of halogens is 1. The lowest BCUT2D eigenvalue weighted by atomic mass is 10.2. The maximum atomic E-state index is 10.7. The van der Waals surface area contributed by atoms with Crippen molar-refractivity contribution >= 4 is 28.5 Å².